The summed E-state index contributed by atoms with van der Waals surface area (Å²) in [7, 11) is 3.82. The molecule has 1 aliphatic rings. The fourth-order valence-corrected chi connectivity index (χ4v) is 3.71. The van der Waals surface area contributed by atoms with Crippen molar-refractivity contribution in [1.82, 2.24) is 19.9 Å². The minimum Gasteiger partial charge on any atom is -0.368 e. The molecule has 0 radical (unpaired) electrons. The summed E-state index contributed by atoms with van der Waals surface area (Å²) in [5.41, 5.74) is 7.25. The average Bonchev–Trinajstić information content (AvgIpc) is 3.16. The van der Waals surface area contributed by atoms with E-state index in [2.05, 4.69) is 43.6 Å². The summed E-state index contributed by atoms with van der Waals surface area (Å²) < 4.78 is 0. The Hall–Kier alpha value is -1.73. The van der Waals surface area contributed by atoms with Gasteiger partial charge in [0.1, 0.15) is 0 Å². The van der Waals surface area contributed by atoms with E-state index >= 15 is 0 Å². The number of nitrogen functional groups attached to an aromatic ring is 1. The van der Waals surface area contributed by atoms with Gasteiger partial charge in [-0.25, -0.2) is 0 Å². The van der Waals surface area contributed by atoms with Crippen molar-refractivity contribution < 1.29 is 0 Å². The standard InChI is InChI=1S/C15H22N6S/c1-10(13-17-14(16)19-15(18-13)20(2)3)21-7-4-5-12(21)11-6-8-22-9-11/h6,8-10,12H,4-5,7H2,1-3H3,(H2,16,17,18,19)/t10-,12-/m1/s1. The molecule has 2 aromatic rings. The summed E-state index contributed by atoms with van der Waals surface area (Å²) in [4.78, 5) is 17.4. The Morgan fingerprint density at radius 3 is 2.86 bits per heavy atom. The molecule has 7 heteroatoms. The van der Waals surface area contributed by atoms with Crippen LogP contribution in [0.1, 0.15) is 43.2 Å². The molecular formula is C15H22N6S. The maximum absolute atomic E-state index is 5.86. The summed E-state index contributed by atoms with van der Waals surface area (Å²) in [6, 6.07) is 2.78. The van der Waals surface area contributed by atoms with E-state index in [9.17, 15) is 0 Å². The number of nitrogens with two attached hydrogens (primary N) is 1. The number of hydrogen-bond donors (Lipinski definition) is 1. The van der Waals surface area contributed by atoms with Gasteiger partial charge >= 0.3 is 0 Å². The zero-order chi connectivity index (χ0) is 15.7. The van der Waals surface area contributed by atoms with Gasteiger partial charge in [-0.05, 0) is 48.7 Å². The van der Waals surface area contributed by atoms with Gasteiger partial charge in [-0.3, -0.25) is 4.90 Å². The first-order chi connectivity index (χ1) is 10.6. The van der Waals surface area contributed by atoms with E-state index < -0.39 is 0 Å². The molecule has 0 bridgehead atoms. The fourth-order valence-electron chi connectivity index (χ4n) is 3.01. The van der Waals surface area contributed by atoms with Crippen molar-refractivity contribution in [2.75, 3.05) is 31.3 Å². The van der Waals surface area contributed by atoms with Crippen LogP contribution in [0.15, 0.2) is 16.8 Å². The van der Waals surface area contributed by atoms with Crippen LogP contribution in [-0.2, 0) is 0 Å². The monoisotopic (exact) mass is 318 g/mol. The van der Waals surface area contributed by atoms with Crippen molar-refractivity contribution in [3.8, 4) is 0 Å². The van der Waals surface area contributed by atoms with Crippen LogP contribution in [0.25, 0.3) is 0 Å². The van der Waals surface area contributed by atoms with E-state index in [4.69, 9.17) is 5.73 Å². The van der Waals surface area contributed by atoms with Crippen LogP contribution in [-0.4, -0.2) is 40.5 Å². The van der Waals surface area contributed by atoms with E-state index in [0.29, 0.717) is 12.0 Å². The van der Waals surface area contributed by atoms with Gasteiger partial charge in [-0.15, -0.1) is 0 Å². The van der Waals surface area contributed by atoms with E-state index in [1.807, 2.05) is 19.0 Å². The van der Waals surface area contributed by atoms with Gasteiger partial charge in [0.05, 0.1) is 6.04 Å². The highest BCUT2D eigenvalue weighted by Crippen LogP contribution is 2.38. The number of nitrogens with zero attached hydrogens (tertiary/aromatic N) is 5. The zero-order valence-corrected chi connectivity index (χ0v) is 14.0. The Kier molecular flexibility index (Phi) is 4.26. The van der Waals surface area contributed by atoms with Crippen LogP contribution in [0.4, 0.5) is 11.9 Å². The first-order valence-electron chi connectivity index (χ1n) is 7.53. The zero-order valence-electron chi connectivity index (χ0n) is 13.2. The second-order valence-corrected chi connectivity index (χ2v) is 6.65. The summed E-state index contributed by atoms with van der Waals surface area (Å²) >= 11 is 1.75. The third-order valence-corrected chi connectivity index (χ3v) is 4.85. The van der Waals surface area contributed by atoms with Gasteiger partial charge in [-0.2, -0.15) is 26.3 Å². The molecule has 3 rings (SSSR count). The van der Waals surface area contributed by atoms with Crippen LogP contribution in [0, 0.1) is 0 Å². The van der Waals surface area contributed by atoms with Crippen molar-refractivity contribution in [2.45, 2.75) is 31.8 Å². The third-order valence-electron chi connectivity index (χ3n) is 4.15. The predicted octanol–water partition coefficient (Wildman–Crippen LogP) is 2.48. The number of thiophene rings is 1. The smallest absolute Gasteiger partial charge is 0.229 e. The normalized spacial score (nSPS) is 20.2. The highest BCUT2D eigenvalue weighted by atomic mass is 32.1. The summed E-state index contributed by atoms with van der Waals surface area (Å²) in [6.07, 6.45) is 2.38. The molecule has 0 saturated carbocycles. The molecule has 0 spiro atoms. The quantitative estimate of drug-likeness (QED) is 0.934. The van der Waals surface area contributed by atoms with Gasteiger partial charge in [0.15, 0.2) is 5.82 Å². The molecule has 2 atom stereocenters. The van der Waals surface area contributed by atoms with Gasteiger partial charge < -0.3 is 10.6 Å². The molecule has 118 valence electrons. The first kappa shape index (κ1) is 15.2. The molecule has 0 aromatic carbocycles. The predicted molar refractivity (Wildman–Crippen MR) is 90.0 cm³/mol. The molecule has 3 heterocycles. The van der Waals surface area contributed by atoms with Crippen LogP contribution in [0.2, 0.25) is 0 Å². The Balaban J connectivity index is 1.88. The van der Waals surface area contributed by atoms with Crippen molar-refractivity contribution in [3.05, 3.63) is 28.2 Å². The lowest BCUT2D eigenvalue weighted by atomic mass is 10.1. The molecule has 0 aliphatic carbocycles. The molecule has 22 heavy (non-hydrogen) atoms. The van der Waals surface area contributed by atoms with E-state index in [0.717, 1.165) is 12.4 Å². The first-order valence-corrected chi connectivity index (χ1v) is 8.47. The summed E-state index contributed by atoms with van der Waals surface area (Å²) in [5.74, 6) is 1.64. The fraction of sp³-hybridized carbons (Fsp3) is 0.533. The molecule has 6 nitrogen and oxygen atoms in total. The van der Waals surface area contributed by atoms with Crippen molar-refractivity contribution in [3.63, 3.8) is 0 Å². The lowest BCUT2D eigenvalue weighted by Crippen LogP contribution is -2.29. The number of hydrogen-bond acceptors (Lipinski definition) is 7. The van der Waals surface area contributed by atoms with Gasteiger partial charge in [0.25, 0.3) is 0 Å². The molecule has 1 fully saturated rings. The number of anilines is 2. The molecule has 1 aliphatic heterocycles. The van der Waals surface area contributed by atoms with Crippen molar-refractivity contribution in [2.24, 2.45) is 0 Å². The molecule has 1 saturated heterocycles. The lowest BCUT2D eigenvalue weighted by Gasteiger charge is -2.29. The topological polar surface area (TPSA) is 71.2 Å². The van der Waals surface area contributed by atoms with Crippen LogP contribution < -0.4 is 10.6 Å². The highest BCUT2D eigenvalue weighted by Gasteiger charge is 2.32. The largest absolute Gasteiger partial charge is 0.368 e. The SMILES string of the molecule is C[C@H](c1nc(N)nc(N(C)C)n1)N1CCC[C@@H]1c1ccsc1. The Bertz CT molecular complexity index is 627. The Labute approximate surface area is 135 Å². The number of rotatable bonds is 4. The van der Waals surface area contributed by atoms with Crippen LogP contribution >= 0.6 is 11.3 Å². The van der Waals surface area contributed by atoms with Crippen LogP contribution in [0.5, 0.6) is 0 Å². The average molecular weight is 318 g/mol. The molecule has 0 unspecified atom stereocenters. The van der Waals surface area contributed by atoms with Gasteiger partial charge in [0.2, 0.25) is 11.9 Å². The van der Waals surface area contributed by atoms with Gasteiger partial charge in [-0.1, -0.05) is 0 Å². The van der Waals surface area contributed by atoms with Gasteiger partial charge in [0, 0.05) is 20.1 Å². The molecule has 0 amide bonds. The van der Waals surface area contributed by atoms with Crippen molar-refractivity contribution in [1.29, 1.82) is 0 Å². The van der Waals surface area contributed by atoms with E-state index in [1.54, 1.807) is 11.3 Å². The Morgan fingerprint density at radius 1 is 1.36 bits per heavy atom. The summed E-state index contributed by atoms with van der Waals surface area (Å²) in [5, 5.41) is 4.38. The molecular weight excluding hydrogens is 296 g/mol. The lowest BCUT2D eigenvalue weighted by molar-refractivity contribution is 0.187. The minimum absolute atomic E-state index is 0.122. The summed E-state index contributed by atoms with van der Waals surface area (Å²) in [6.45, 7) is 3.21. The highest BCUT2D eigenvalue weighted by molar-refractivity contribution is 7.07. The number of aromatic nitrogens is 3. The number of likely N-dealkylation sites (tertiary alicyclic amines) is 1. The minimum atomic E-state index is 0.122. The third kappa shape index (κ3) is 2.91. The Morgan fingerprint density at radius 2 is 2.18 bits per heavy atom. The maximum Gasteiger partial charge on any atom is 0.229 e. The maximum atomic E-state index is 5.86. The second-order valence-electron chi connectivity index (χ2n) is 5.87. The van der Waals surface area contributed by atoms with Crippen LogP contribution in [0.3, 0.4) is 0 Å². The molecule has 2 aromatic heterocycles. The second kappa shape index (κ2) is 6.18. The van der Waals surface area contributed by atoms with Crippen molar-refractivity contribution >= 4 is 23.2 Å². The van der Waals surface area contributed by atoms with E-state index in [1.165, 1.54) is 18.4 Å². The van der Waals surface area contributed by atoms with E-state index in [-0.39, 0.29) is 12.0 Å². The molecule has 2 N–H and O–H groups in total.